The van der Waals surface area contributed by atoms with Crippen molar-refractivity contribution in [3.05, 3.63) is 84.6 Å². The molecule has 12 heteroatoms. The van der Waals surface area contributed by atoms with Crippen LogP contribution in [0.25, 0.3) is 28.0 Å². The minimum atomic E-state index is -3.60. The quantitative estimate of drug-likeness (QED) is 0.256. The fourth-order valence-corrected chi connectivity index (χ4v) is 6.93. The van der Waals surface area contributed by atoms with Crippen LogP contribution in [0.2, 0.25) is 0 Å². The predicted octanol–water partition coefficient (Wildman–Crippen LogP) is 4.48. The van der Waals surface area contributed by atoms with E-state index in [-0.39, 0.29) is 16.6 Å². The third-order valence-electron chi connectivity index (χ3n) is 6.80. The summed E-state index contributed by atoms with van der Waals surface area (Å²) in [5.74, 6) is 0.519. The normalized spacial score (nSPS) is 14.4. The first kappa shape index (κ1) is 27.2. The van der Waals surface area contributed by atoms with Crippen molar-refractivity contribution in [2.24, 2.45) is 0 Å². The van der Waals surface area contributed by atoms with Crippen LogP contribution in [0.1, 0.15) is 5.56 Å². The number of amides is 1. The lowest BCUT2D eigenvalue weighted by molar-refractivity contribution is -0.113. The average Bonchev–Trinajstić information content (AvgIpc) is 3.61. The van der Waals surface area contributed by atoms with Crippen LogP contribution < -0.4 is 5.32 Å². The molecular formula is C29H28N6O4S2. The Kier molecular flexibility index (Phi) is 7.63. The lowest BCUT2D eigenvalue weighted by atomic mass is 10.1. The number of hydrogen-bond donors (Lipinski definition) is 2. The second-order valence-corrected chi connectivity index (χ2v) is 12.5. The molecule has 3 aromatic carbocycles. The van der Waals surface area contributed by atoms with Gasteiger partial charge in [-0.15, -0.1) is 10.2 Å². The fraction of sp³-hybridized carbons (Fsp3) is 0.207. The molecule has 1 aliphatic rings. The van der Waals surface area contributed by atoms with Crippen LogP contribution in [0, 0.1) is 6.92 Å². The molecule has 0 radical (unpaired) electrons. The number of H-pyrrole nitrogens is 1. The zero-order valence-corrected chi connectivity index (χ0v) is 23.9. The van der Waals surface area contributed by atoms with E-state index in [1.54, 1.807) is 12.1 Å². The van der Waals surface area contributed by atoms with E-state index >= 15 is 0 Å². The van der Waals surface area contributed by atoms with Crippen molar-refractivity contribution in [2.75, 3.05) is 37.4 Å². The standard InChI is InChI=1S/C29H28N6O4S2/c1-20-5-4-6-22(17-20)35-28(25-18-30-26-8-3-2-7-24(25)26)32-33-29(35)40-19-27(36)31-21-9-11-23(12-10-21)41(37,38)34-13-15-39-16-14-34/h2-12,17-18,30H,13-16,19H2,1H3,(H,31,36). The molecule has 210 valence electrons. The molecule has 0 bridgehead atoms. The van der Waals surface area contributed by atoms with Crippen molar-refractivity contribution in [2.45, 2.75) is 17.0 Å². The lowest BCUT2D eigenvalue weighted by Gasteiger charge is -2.26. The molecule has 1 saturated heterocycles. The molecule has 1 fully saturated rings. The number of sulfonamides is 1. The van der Waals surface area contributed by atoms with Crippen molar-refractivity contribution in [1.82, 2.24) is 24.1 Å². The number of morpholine rings is 1. The summed E-state index contributed by atoms with van der Waals surface area (Å²) >= 11 is 1.28. The lowest BCUT2D eigenvalue weighted by Crippen LogP contribution is -2.40. The number of rotatable bonds is 8. The van der Waals surface area contributed by atoms with Crippen molar-refractivity contribution < 1.29 is 17.9 Å². The molecule has 1 amide bonds. The number of benzene rings is 3. The maximum atomic E-state index is 12.9. The summed E-state index contributed by atoms with van der Waals surface area (Å²) in [5, 5.41) is 13.4. The molecule has 41 heavy (non-hydrogen) atoms. The maximum absolute atomic E-state index is 12.9. The summed E-state index contributed by atoms with van der Waals surface area (Å²) in [6, 6.07) is 22.3. The Balaban J connectivity index is 1.20. The summed E-state index contributed by atoms with van der Waals surface area (Å²) in [4.78, 5) is 16.4. The van der Waals surface area contributed by atoms with Crippen LogP contribution in [0.4, 0.5) is 5.69 Å². The van der Waals surface area contributed by atoms with Gasteiger partial charge in [-0.25, -0.2) is 8.42 Å². The van der Waals surface area contributed by atoms with Gasteiger partial charge in [0.05, 0.1) is 23.9 Å². The fourth-order valence-electron chi connectivity index (χ4n) is 4.77. The van der Waals surface area contributed by atoms with Gasteiger partial charge >= 0.3 is 0 Å². The van der Waals surface area contributed by atoms with Gasteiger partial charge in [0, 0.05) is 47.1 Å². The summed E-state index contributed by atoms with van der Waals surface area (Å²) in [7, 11) is -3.60. The summed E-state index contributed by atoms with van der Waals surface area (Å²) in [6.07, 6.45) is 1.92. The summed E-state index contributed by atoms with van der Waals surface area (Å²) in [5.41, 5.74) is 4.41. The molecule has 0 aliphatic carbocycles. The smallest absolute Gasteiger partial charge is 0.243 e. The number of thioether (sulfide) groups is 1. The van der Waals surface area contributed by atoms with Crippen molar-refractivity contribution in [3.63, 3.8) is 0 Å². The number of carbonyl (C=O) groups excluding carboxylic acids is 1. The number of para-hydroxylation sites is 1. The molecule has 2 aromatic heterocycles. The zero-order chi connectivity index (χ0) is 28.4. The van der Waals surface area contributed by atoms with Crippen LogP contribution in [-0.2, 0) is 19.6 Å². The van der Waals surface area contributed by atoms with E-state index < -0.39 is 10.0 Å². The topological polar surface area (TPSA) is 122 Å². The first-order valence-electron chi connectivity index (χ1n) is 13.1. The minimum Gasteiger partial charge on any atom is -0.379 e. The number of fused-ring (bicyclic) bond motifs is 1. The van der Waals surface area contributed by atoms with Gasteiger partial charge in [-0.05, 0) is 55.0 Å². The van der Waals surface area contributed by atoms with Crippen LogP contribution in [0.15, 0.2) is 89.0 Å². The predicted molar refractivity (Wildman–Crippen MR) is 159 cm³/mol. The molecule has 0 saturated carbocycles. The van der Waals surface area contributed by atoms with Gasteiger partial charge < -0.3 is 15.0 Å². The molecule has 0 spiro atoms. The van der Waals surface area contributed by atoms with E-state index in [1.165, 1.54) is 28.2 Å². The molecular weight excluding hydrogens is 560 g/mol. The van der Waals surface area contributed by atoms with Crippen LogP contribution >= 0.6 is 11.8 Å². The van der Waals surface area contributed by atoms with E-state index in [0.717, 1.165) is 27.7 Å². The number of aromatic nitrogens is 4. The Hall–Kier alpha value is -3.97. The van der Waals surface area contributed by atoms with Crippen molar-refractivity contribution in [3.8, 4) is 17.1 Å². The Morgan fingerprint density at radius 3 is 2.59 bits per heavy atom. The molecule has 5 aromatic rings. The Bertz CT molecular complexity index is 1810. The van der Waals surface area contributed by atoms with Crippen LogP contribution in [0.5, 0.6) is 0 Å². The van der Waals surface area contributed by atoms with Gasteiger partial charge in [0.25, 0.3) is 0 Å². The Morgan fingerprint density at radius 1 is 1.02 bits per heavy atom. The van der Waals surface area contributed by atoms with Gasteiger partial charge in [0.2, 0.25) is 15.9 Å². The zero-order valence-electron chi connectivity index (χ0n) is 22.3. The van der Waals surface area contributed by atoms with Gasteiger partial charge in [-0.3, -0.25) is 9.36 Å². The van der Waals surface area contributed by atoms with Gasteiger partial charge in [-0.2, -0.15) is 4.31 Å². The second-order valence-electron chi connectivity index (χ2n) is 9.61. The highest BCUT2D eigenvalue weighted by molar-refractivity contribution is 7.99. The highest BCUT2D eigenvalue weighted by atomic mass is 32.2. The summed E-state index contributed by atoms with van der Waals surface area (Å²) in [6.45, 7) is 3.44. The number of hydrogen-bond acceptors (Lipinski definition) is 7. The van der Waals surface area contributed by atoms with E-state index in [0.29, 0.717) is 43.0 Å². The molecule has 0 atom stereocenters. The highest BCUT2D eigenvalue weighted by Crippen LogP contribution is 2.32. The summed E-state index contributed by atoms with van der Waals surface area (Å²) < 4.78 is 34.4. The first-order chi connectivity index (χ1) is 19.9. The monoisotopic (exact) mass is 588 g/mol. The van der Waals surface area contributed by atoms with Crippen LogP contribution in [0.3, 0.4) is 0 Å². The van der Waals surface area contributed by atoms with Crippen molar-refractivity contribution >= 4 is 44.3 Å². The first-order valence-corrected chi connectivity index (χ1v) is 15.5. The third kappa shape index (κ3) is 5.64. The number of carbonyl (C=O) groups is 1. The second kappa shape index (κ2) is 11.5. The van der Waals surface area contributed by atoms with Gasteiger partial charge in [0.1, 0.15) is 0 Å². The van der Waals surface area contributed by atoms with E-state index in [9.17, 15) is 13.2 Å². The van der Waals surface area contributed by atoms with Gasteiger partial charge in [-0.1, -0.05) is 42.1 Å². The number of aryl methyl sites for hydroxylation is 1. The molecule has 0 unspecified atom stereocenters. The minimum absolute atomic E-state index is 0.0889. The number of ether oxygens (including phenoxy) is 1. The molecule has 2 N–H and O–H groups in total. The molecule has 1 aliphatic heterocycles. The Labute approximate surface area is 241 Å². The number of nitrogens with zero attached hydrogens (tertiary/aromatic N) is 4. The maximum Gasteiger partial charge on any atom is 0.243 e. The highest BCUT2D eigenvalue weighted by Gasteiger charge is 2.26. The molecule has 3 heterocycles. The SMILES string of the molecule is Cc1cccc(-n2c(SCC(=O)Nc3ccc(S(=O)(=O)N4CCOCC4)cc3)nnc2-c2c[nH]c3ccccc23)c1. The van der Waals surface area contributed by atoms with E-state index in [4.69, 9.17) is 4.74 Å². The Morgan fingerprint density at radius 2 is 1.80 bits per heavy atom. The van der Waals surface area contributed by atoms with E-state index in [1.807, 2.05) is 60.2 Å². The van der Waals surface area contributed by atoms with Crippen molar-refractivity contribution in [1.29, 1.82) is 0 Å². The molecule has 10 nitrogen and oxygen atoms in total. The van der Waals surface area contributed by atoms with Gasteiger partial charge in [0.15, 0.2) is 11.0 Å². The van der Waals surface area contributed by atoms with E-state index in [2.05, 4.69) is 26.6 Å². The third-order valence-corrected chi connectivity index (χ3v) is 9.64. The molecule has 6 rings (SSSR count). The largest absolute Gasteiger partial charge is 0.379 e. The average molecular weight is 589 g/mol. The van der Waals surface area contributed by atoms with Crippen LogP contribution in [-0.4, -0.2) is 70.4 Å². The number of nitrogens with one attached hydrogen (secondary N) is 2. The number of anilines is 1. The number of aromatic amines is 1.